The number of rotatable bonds is 5. The van der Waals surface area contributed by atoms with E-state index in [0.29, 0.717) is 0 Å². The van der Waals surface area contributed by atoms with Gasteiger partial charge in [-0.1, -0.05) is 23.8 Å². The van der Waals surface area contributed by atoms with E-state index in [4.69, 9.17) is 4.98 Å². The average molecular weight is 401 g/mol. The minimum Gasteiger partial charge on any atom is -0.508 e. The molecule has 30 heavy (non-hydrogen) atoms. The molecule has 0 bridgehead atoms. The molecule has 0 atom stereocenters. The average Bonchev–Trinajstić information content (AvgIpc) is 3.23. The molecule has 1 fully saturated rings. The zero-order valence-electron chi connectivity index (χ0n) is 17.2. The molecule has 1 aliphatic carbocycles. The molecule has 1 N–H and O–H groups in total. The Balaban J connectivity index is 1.23. The van der Waals surface area contributed by atoms with E-state index in [0.717, 1.165) is 43.1 Å². The quantitative estimate of drug-likeness (QED) is 0.685. The number of hydrogen-bond donors (Lipinski definition) is 1. The van der Waals surface area contributed by atoms with Crippen molar-refractivity contribution in [1.29, 1.82) is 0 Å². The van der Waals surface area contributed by atoms with Crippen LogP contribution in [0.3, 0.4) is 0 Å². The minimum atomic E-state index is 0.274. The van der Waals surface area contributed by atoms with Crippen LogP contribution in [0, 0.1) is 0 Å². The summed E-state index contributed by atoms with van der Waals surface area (Å²) in [6.07, 6.45) is 14.6. The van der Waals surface area contributed by atoms with Gasteiger partial charge >= 0.3 is 0 Å². The predicted molar refractivity (Wildman–Crippen MR) is 122 cm³/mol. The Bertz CT molecular complexity index is 1070. The Kier molecular flexibility index (Phi) is 5.28. The summed E-state index contributed by atoms with van der Waals surface area (Å²) >= 11 is 0. The van der Waals surface area contributed by atoms with E-state index in [1.54, 1.807) is 17.7 Å². The molecule has 0 amide bonds. The van der Waals surface area contributed by atoms with Crippen molar-refractivity contribution in [2.45, 2.75) is 19.3 Å². The monoisotopic (exact) mass is 400 g/mol. The second kappa shape index (κ2) is 8.36. The largest absolute Gasteiger partial charge is 0.508 e. The number of fused-ring (bicyclic) bond motifs is 1. The standard InChI is InChI=1S/C25H28N4O/c30-23-9-6-21(7-10-23)24-19-29-18-22(8-11-25(29)26-24)28-16-14-27(15-17-28)13-12-20-4-2-1-3-5-20/h1-2,4,6-11,18-19,30H,3,5,12-17H2. The lowest BCUT2D eigenvalue weighted by atomic mass is 10.0. The van der Waals surface area contributed by atoms with E-state index in [9.17, 15) is 5.11 Å². The third-order valence-electron chi connectivity index (χ3n) is 6.19. The normalized spacial score (nSPS) is 17.5. The van der Waals surface area contributed by atoms with Crippen LogP contribution in [0.25, 0.3) is 16.9 Å². The van der Waals surface area contributed by atoms with Gasteiger partial charge < -0.3 is 14.4 Å². The zero-order valence-corrected chi connectivity index (χ0v) is 17.2. The number of phenols is 1. The van der Waals surface area contributed by atoms with Crippen molar-refractivity contribution in [2.75, 3.05) is 37.6 Å². The first-order chi connectivity index (χ1) is 14.7. The Morgan fingerprint density at radius 3 is 2.53 bits per heavy atom. The maximum absolute atomic E-state index is 9.50. The minimum absolute atomic E-state index is 0.274. The number of nitrogens with zero attached hydrogens (tertiary/aromatic N) is 4. The summed E-state index contributed by atoms with van der Waals surface area (Å²) in [5.74, 6) is 0.274. The van der Waals surface area contributed by atoms with Crippen LogP contribution in [0.4, 0.5) is 5.69 Å². The summed E-state index contributed by atoms with van der Waals surface area (Å²) < 4.78 is 2.10. The molecular weight excluding hydrogens is 372 g/mol. The summed E-state index contributed by atoms with van der Waals surface area (Å²) in [5.41, 5.74) is 5.71. The summed E-state index contributed by atoms with van der Waals surface area (Å²) in [4.78, 5) is 9.79. The molecule has 5 nitrogen and oxygen atoms in total. The highest BCUT2D eigenvalue weighted by atomic mass is 16.3. The topological polar surface area (TPSA) is 44.0 Å². The number of piperazine rings is 1. The van der Waals surface area contributed by atoms with Crippen LogP contribution in [0.2, 0.25) is 0 Å². The number of hydrogen-bond acceptors (Lipinski definition) is 4. The Morgan fingerprint density at radius 2 is 1.77 bits per heavy atom. The third kappa shape index (κ3) is 4.12. The highest BCUT2D eigenvalue weighted by Crippen LogP contribution is 2.24. The van der Waals surface area contributed by atoms with Crippen LogP contribution < -0.4 is 4.90 Å². The fourth-order valence-corrected chi connectivity index (χ4v) is 4.33. The van der Waals surface area contributed by atoms with E-state index in [2.05, 4.69) is 57.0 Å². The summed E-state index contributed by atoms with van der Waals surface area (Å²) in [7, 11) is 0. The van der Waals surface area contributed by atoms with Crippen molar-refractivity contribution in [3.8, 4) is 17.0 Å². The van der Waals surface area contributed by atoms with Gasteiger partial charge in [0, 0.05) is 50.7 Å². The number of anilines is 1. The summed E-state index contributed by atoms with van der Waals surface area (Å²) in [6, 6.07) is 11.5. The van der Waals surface area contributed by atoms with Gasteiger partial charge in [-0.05, 0) is 55.7 Å². The van der Waals surface area contributed by atoms with Crippen LogP contribution in [-0.2, 0) is 0 Å². The van der Waals surface area contributed by atoms with Gasteiger partial charge in [0.05, 0.1) is 11.4 Å². The second-order valence-corrected chi connectivity index (χ2v) is 8.20. The van der Waals surface area contributed by atoms with Crippen molar-refractivity contribution >= 4 is 11.3 Å². The number of allylic oxidation sites excluding steroid dienone is 3. The fourth-order valence-electron chi connectivity index (χ4n) is 4.33. The van der Waals surface area contributed by atoms with E-state index in [-0.39, 0.29) is 5.75 Å². The van der Waals surface area contributed by atoms with Crippen molar-refractivity contribution < 1.29 is 5.11 Å². The highest BCUT2D eigenvalue weighted by Gasteiger charge is 2.18. The Morgan fingerprint density at radius 1 is 0.933 bits per heavy atom. The molecule has 2 aliphatic rings. The zero-order chi connectivity index (χ0) is 20.3. The lowest BCUT2D eigenvalue weighted by Crippen LogP contribution is -2.46. The molecule has 5 heteroatoms. The highest BCUT2D eigenvalue weighted by molar-refractivity contribution is 5.64. The molecule has 0 radical (unpaired) electrons. The third-order valence-corrected chi connectivity index (χ3v) is 6.19. The first-order valence-electron chi connectivity index (χ1n) is 10.8. The first kappa shape index (κ1) is 18.9. The molecule has 3 aromatic rings. The molecule has 0 spiro atoms. The molecule has 0 saturated carbocycles. The van der Waals surface area contributed by atoms with Crippen LogP contribution in [0.1, 0.15) is 19.3 Å². The SMILES string of the molecule is Oc1ccc(-c2cn3cc(N4CCN(CCC5=CC=CCC5)CC4)ccc3n2)cc1. The molecule has 3 heterocycles. The van der Waals surface area contributed by atoms with Gasteiger partial charge in [-0.15, -0.1) is 0 Å². The van der Waals surface area contributed by atoms with E-state index in [1.807, 2.05) is 12.1 Å². The number of benzene rings is 1. The van der Waals surface area contributed by atoms with Crippen molar-refractivity contribution in [3.05, 3.63) is 72.6 Å². The Hall–Kier alpha value is -3.05. The van der Waals surface area contributed by atoms with Gasteiger partial charge in [-0.2, -0.15) is 0 Å². The van der Waals surface area contributed by atoms with Gasteiger partial charge in [0.25, 0.3) is 0 Å². The van der Waals surface area contributed by atoms with Crippen LogP contribution in [0.15, 0.2) is 72.6 Å². The van der Waals surface area contributed by atoms with E-state index >= 15 is 0 Å². The number of aromatic nitrogens is 2. The van der Waals surface area contributed by atoms with Crippen LogP contribution in [0.5, 0.6) is 5.75 Å². The number of imidazole rings is 1. The van der Waals surface area contributed by atoms with Gasteiger partial charge in [-0.25, -0.2) is 4.98 Å². The molecule has 1 aromatic carbocycles. The van der Waals surface area contributed by atoms with E-state index in [1.165, 1.54) is 31.5 Å². The Labute approximate surface area is 177 Å². The molecular formula is C25H28N4O. The van der Waals surface area contributed by atoms with E-state index < -0.39 is 0 Å². The van der Waals surface area contributed by atoms with Crippen molar-refractivity contribution in [3.63, 3.8) is 0 Å². The maximum atomic E-state index is 9.50. The molecule has 0 unspecified atom stereocenters. The van der Waals surface area contributed by atoms with Gasteiger partial charge in [-0.3, -0.25) is 4.90 Å². The lowest BCUT2D eigenvalue weighted by molar-refractivity contribution is 0.260. The molecule has 1 saturated heterocycles. The molecule has 1 aliphatic heterocycles. The summed E-state index contributed by atoms with van der Waals surface area (Å²) in [5, 5.41) is 9.50. The van der Waals surface area contributed by atoms with Gasteiger partial charge in [0.1, 0.15) is 11.4 Å². The molecule has 154 valence electrons. The molecule has 2 aromatic heterocycles. The smallest absolute Gasteiger partial charge is 0.137 e. The first-order valence-corrected chi connectivity index (χ1v) is 10.8. The van der Waals surface area contributed by atoms with Crippen molar-refractivity contribution in [2.24, 2.45) is 0 Å². The lowest BCUT2D eigenvalue weighted by Gasteiger charge is -2.36. The molecule has 5 rings (SSSR count). The number of aromatic hydroxyl groups is 1. The maximum Gasteiger partial charge on any atom is 0.137 e. The van der Waals surface area contributed by atoms with Crippen LogP contribution in [-0.4, -0.2) is 52.1 Å². The van der Waals surface area contributed by atoms with Crippen molar-refractivity contribution in [1.82, 2.24) is 14.3 Å². The summed E-state index contributed by atoms with van der Waals surface area (Å²) in [6.45, 7) is 5.52. The predicted octanol–water partition coefficient (Wildman–Crippen LogP) is 4.50. The second-order valence-electron chi connectivity index (χ2n) is 8.20. The number of phenolic OH excluding ortho intramolecular Hbond substituents is 1. The van der Waals surface area contributed by atoms with Gasteiger partial charge in [0.2, 0.25) is 0 Å². The number of pyridine rings is 1. The fraction of sp³-hybridized carbons (Fsp3) is 0.320. The van der Waals surface area contributed by atoms with Crippen LogP contribution >= 0.6 is 0 Å². The van der Waals surface area contributed by atoms with Gasteiger partial charge in [0.15, 0.2) is 0 Å².